The molecule has 0 spiro atoms. The number of aryl methyl sites for hydroxylation is 3. The van der Waals surface area contributed by atoms with Crippen LogP contribution in [0, 0.1) is 20.8 Å². The molecule has 3 aromatic rings. The molecule has 9 nitrogen and oxygen atoms in total. The van der Waals surface area contributed by atoms with Crippen LogP contribution in [-0.2, 0) is 20.2 Å². The number of aromatic hydroxyl groups is 1. The molecule has 0 saturated carbocycles. The maximum atomic E-state index is 11.7. The van der Waals surface area contributed by atoms with Gasteiger partial charge in [-0.05, 0) is 67.1 Å². The van der Waals surface area contributed by atoms with Crippen molar-refractivity contribution in [1.29, 1.82) is 0 Å². The Morgan fingerprint density at radius 2 is 1.34 bits per heavy atom. The second kappa shape index (κ2) is 10.6. The van der Waals surface area contributed by atoms with Crippen molar-refractivity contribution in [3.05, 3.63) is 53.1 Å². The van der Waals surface area contributed by atoms with E-state index in [-0.39, 0.29) is 75.6 Å². The van der Waals surface area contributed by atoms with Crippen LogP contribution in [0.15, 0.2) is 56.4 Å². The molecule has 0 amide bonds. The zero-order chi connectivity index (χ0) is 22.4. The van der Waals surface area contributed by atoms with E-state index in [2.05, 4.69) is 10.2 Å². The summed E-state index contributed by atoms with van der Waals surface area (Å²) in [6.07, 6.45) is 0. The summed E-state index contributed by atoms with van der Waals surface area (Å²) in [5, 5.41) is 18.7. The van der Waals surface area contributed by atoms with E-state index in [0.717, 1.165) is 34.9 Å². The number of nitrogens with zero attached hydrogens (tertiary/aromatic N) is 2. The van der Waals surface area contributed by atoms with Crippen LogP contribution in [0.4, 0.5) is 11.4 Å². The molecule has 0 aliphatic rings. The summed E-state index contributed by atoms with van der Waals surface area (Å²) in [7, 11) is -9.43. The molecule has 32 heavy (non-hydrogen) atoms. The fourth-order valence-electron chi connectivity index (χ4n) is 2.94. The molecule has 13 heteroatoms. The molecule has 3 N–H and O–H groups in total. The molecule has 162 valence electrons. The average molecular weight is 498 g/mol. The number of phenolic OH excluding ortho intramolecular Hbond substituents is 1. The number of rotatable bonds is 4. The van der Waals surface area contributed by atoms with Gasteiger partial charge in [0.2, 0.25) is 0 Å². The standard InChI is InChI=1S/C19H18N2O7S2.2Na.2H/c1-10-6-12(3)16(7-11(10)2)20-21-18-15-5-4-14(29(23,24)25)8-13(15)9-17(19(18)22)30(26,27)28;;;;/h4-9,22H,1-3H3,(H,23,24,25)(H,26,27,28);;;;. The van der Waals surface area contributed by atoms with E-state index in [1.165, 1.54) is 6.07 Å². The number of hydrogen-bond donors (Lipinski definition) is 3. The molecule has 0 unspecified atom stereocenters. The van der Waals surface area contributed by atoms with Crippen LogP contribution in [0.2, 0.25) is 0 Å². The van der Waals surface area contributed by atoms with Gasteiger partial charge in [0, 0.05) is 5.39 Å². The number of benzene rings is 3. The molecule has 0 fully saturated rings. The van der Waals surface area contributed by atoms with Crippen molar-refractivity contribution in [1.82, 2.24) is 0 Å². The molecule has 0 atom stereocenters. The van der Waals surface area contributed by atoms with Gasteiger partial charge in [-0.2, -0.15) is 21.9 Å². The molecular formula is C19H20N2Na2O7S2. The minimum atomic E-state index is -4.86. The van der Waals surface area contributed by atoms with Crippen LogP contribution in [0.1, 0.15) is 16.7 Å². The Labute approximate surface area is 230 Å². The monoisotopic (exact) mass is 498 g/mol. The molecular weight excluding hydrogens is 478 g/mol. The summed E-state index contributed by atoms with van der Waals surface area (Å²) >= 11 is 0. The van der Waals surface area contributed by atoms with Crippen LogP contribution in [0.3, 0.4) is 0 Å². The van der Waals surface area contributed by atoms with E-state index >= 15 is 0 Å². The first-order valence-corrected chi connectivity index (χ1v) is 11.4. The van der Waals surface area contributed by atoms with E-state index < -0.39 is 35.8 Å². The number of hydrogen-bond acceptors (Lipinski definition) is 7. The predicted octanol–water partition coefficient (Wildman–Crippen LogP) is 3.08. The first kappa shape index (κ1) is 29.2. The third kappa shape index (κ3) is 6.17. The van der Waals surface area contributed by atoms with Crippen molar-refractivity contribution < 1.29 is 31.0 Å². The van der Waals surface area contributed by atoms with Crippen LogP contribution >= 0.6 is 0 Å². The van der Waals surface area contributed by atoms with Gasteiger partial charge < -0.3 is 5.11 Å². The Hall–Kier alpha value is -0.860. The van der Waals surface area contributed by atoms with E-state index in [0.29, 0.717) is 5.69 Å². The summed E-state index contributed by atoms with van der Waals surface area (Å²) in [4.78, 5) is -1.36. The van der Waals surface area contributed by atoms with Gasteiger partial charge in [0.15, 0.2) is 5.75 Å². The van der Waals surface area contributed by atoms with Crippen molar-refractivity contribution >= 4 is 101 Å². The van der Waals surface area contributed by atoms with Gasteiger partial charge >= 0.3 is 59.1 Å². The summed E-state index contributed by atoms with van der Waals surface area (Å²) in [5.74, 6) is -0.838. The predicted molar refractivity (Wildman–Crippen MR) is 124 cm³/mol. The van der Waals surface area contributed by atoms with E-state index in [4.69, 9.17) is 0 Å². The van der Waals surface area contributed by atoms with Crippen LogP contribution in [-0.4, -0.2) is 90.2 Å². The molecule has 3 rings (SSSR count). The van der Waals surface area contributed by atoms with Gasteiger partial charge in [0.25, 0.3) is 20.2 Å². The van der Waals surface area contributed by atoms with Gasteiger partial charge in [-0.1, -0.05) is 12.1 Å². The number of phenols is 1. The van der Waals surface area contributed by atoms with Crippen LogP contribution in [0.25, 0.3) is 10.8 Å². The minimum absolute atomic E-state index is 0. The second-order valence-electron chi connectivity index (χ2n) is 6.83. The van der Waals surface area contributed by atoms with Crippen molar-refractivity contribution in [3.8, 4) is 5.75 Å². The van der Waals surface area contributed by atoms with Crippen molar-refractivity contribution in [2.24, 2.45) is 10.2 Å². The van der Waals surface area contributed by atoms with E-state index in [9.17, 15) is 31.0 Å². The Kier molecular flexibility index (Phi) is 9.66. The summed E-state index contributed by atoms with van der Waals surface area (Å²) in [6.45, 7) is 5.63. The van der Waals surface area contributed by atoms with Crippen molar-refractivity contribution in [2.45, 2.75) is 30.6 Å². The normalized spacial score (nSPS) is 11.9. The first-order chi connectivity index (χ1) is 13.8. The molecule has 0 saturated heterocycles. The summed E-state index contributed by atoms with van der Waals surface area (Å²) in [5.41, 5.74) is 3.00. The fraction of sp³-hybridized carbons (Fsp3) is 0.158. The molecule has 0 radical (unpaired) electrons. The summed E-state index contributed by atoms with van der Waals surface area (Å²) in [6, 6.07) is 7.87. The zero-order valence-electron chi connectivity index (χ0n) is 16.1. The van der Waals surface area contributed by atoms with Gasteiger partial charge in [0.05, 0.1) is 10.6 Å². The van der Waals surface area contributed by atoms with Crippen LogP contribution < -0.4 is 0 Å². The van der Waals surface area contributed by atoms with Crippen molar-refractivity contribution in [3.63, 3.8) is 0 Å². The second-order valence-corrected chi connectivity index (χ2v) is 9.64. The first-order valence-electron chi connectivity index (χ1n) is 8.53. The average Bonchev–Trinajstić information content (AvgIpc) is 2.62. The SMILES string of the molecule is Cc1cc(C)c(N=Nc2c(O)c(S(=O)(=O)O)cc3cc(S(=O)(=O)O)ccc23)cc1C.[NaH].[NaH]. The molecule has 0 aliphatic heterocycles. The van der Waals surface area contributed by atoms with Gasteiger partial charge in [-0.25, -0.2) is 0 Å². The van der Waals surface area contributed by atoms with Gasteiger partial charge in [0.1, 0.15) is 10.6 Å². The Morgan fingerprint density at radius 3 is 1.91 bits per heavy atom. The molecule has 0 aromatic heterocycles. The number of fused-ring (bicyclic) bond motifs is 1. The van der Waals surface area contributed by atoms with Crippen molar-refractivity contribution in [2.75, 3.05) is 0 Å². The topological polar surface area (TPSA) is 154 Å². The molecule has 0 bridgehead atoms. The maximum absolute atomic E-state index is 11.7. The molecule has 3 aromatic carbocycles. The molecule has 0 heterocycles. The van der Waals surface area contributed by atoms with E-state index in [1.54, 1.807) is 6.07 Å². The number of azo groups is 1. The third-order valence-electron chi connectivity index (χ3n) is 4.67. The third-order valence-corrected chi connectivity index (χ3v) is 6.38. The van der Waals surface area contributed by atoms with Gasteiger partial charge in [-0.15, -0.1) is 5.11 Å². The van der Waals surface area contributed by atoms with Crippen LogP contribution in [0.5, 0.6) is 5.75 Å². The Bertz CT molecular complexity index is 1440. The quantitative estimate of drug-likeness (QED) is 0.284. The molecule has 0 aliphatic carbocycles. The zero-order valence-corrected chi connectivity index (χ0v) is 17.8. The Morgan fingerprint density at radius 1 is 0.750 bits per heavy atom. The summed E-state index contributed by atoms with van der Waals surface area (Å²) < 4.78 is 64.9. The fourth-order valence-corrected chi connectivity index (χ4v) is 4.08. The van der Waals surface area contributed by atoms with E-state index in [1.807, 2.05) is 26.8 Å². The Balaban J connectivity index is 0.00000256. The van der Waals surface area contributed by atoms with Gasteiger partial charge in [-0.3, -0.25) is 9.11 Å².